The van der Waals surface area contributed by atoms with Crippen LogP contribution >= 0.6 is 0 Å². The summed E-state index contributed by atoms with van der Waals surface area (Å²) in [6.07, 6.45) is -0.703. The molecule has 1 aromatic carbocycles. The van der Waals surface area contributed by atoms with Crippen LogP contribution in [0.15, 0.2) is 36.7 Å². The van der Waals surface area contributed by atoms with Crippen LogP contribution < -0.4 is 16.0 Å². The van der Waals surface area contributed by atoms with Gasteiger partial charge in [0.15, 0.2) is 0 Å². The summed E-state index contributed by atoms with van der Waals surface area (Å²) in [5, 5.41) is 0. The predicted octanol–water partition coefficient (Wildman–Crippen LogP) is 2.07. The molecule has 0 aliphatic heterocycles. The van der Waals surface area contributed by atoms with Crippen LogP contribution in [0.1, 0.15) is 17.4 Å². The van der Waals surface area contributed by atoms with Crippen LogP contribution in [-0.4, -0.2) is 15.9 Å². The molecule has 2 rings (SSSR count). The second kappa shape index (κ2) is 6.15. The molecule has 2 aromatic rings. The van der Waals surface area contributed by atoms with Crippen molar-refractivity contribution in [1.29, 1.82) is 0 Å². The number of imidazole rings is 1. The van der Waals surface area contributed by atoms with Crippen molar-refractivity contribution in [1.82, 2.24) is 15.0 Å². The molecular weight excluding hydrogens is 285 g/mol. The molecule has 0 amide bonds. The van der Waals surface area contributed by atoms with E-state index in [1.807, 2.05) is 17.8 Å². The number of nitrogens with one attached hydrogen (secondary N) is 1. The second-order valence-corrected chi connectivity index (χ2v) is 4.49. The van der Waals surface area contributed by atoms with Gasteiger partial charge >= 0.3 is 6.36 Å². The number of aromatic nitrogens is 2. The Morgan fingerprint density at radius 3 is 2.48 bits per heavy atom. The zero-order chi connectivity index (χ0) is 15.5. The SMILES string of the molecule is Cn1ccnc1CC(NN)c1ccc(OC(F)(F)F)cc1. The van der Waals surface area contributed by atoms with Crippen molar-refractivity contribution in [2.24, 2.45) is 12.9 Å². The van der Waals surface area contributed by atoms with E-state index in [-0.39, 0.29) is 11.8 Å². The molecule has 21 heavy (non-hydrogen) atoms. The van der Waals surface area contributed by atoms with Crippen LogP contribution in [0.25, 0.3) is 0 Å². The number of alkyl halides is 3. The minimum Gasteiger partial charge on any atom is -0.406 e. The molecule has 0 saturated heterocycles. The fraction of sp³-hybridized carbons (Fsp3) is 0.308. The summed E-state index contributed by atoms with van der Waals surface area (Å²) in [7, 11) is 1.86. The third kappa shape index (κ3) is 4.20. The van der Waals surface area contributed by atoms with Crippen molar-refractivity contribution in [3.05, 3.63) is 48.0 Å². The lowest BCUT2D eigenvalue weighted by atomic mass is 10.0. The summed E-state index contributed by atoms with van der Waals surface area (Å²) in [5.41, 5.74) is 3.38. The standard InChI is InChI=1S/C13H15F3N4O/c1-20-7-6-18-12(20)8-11(19-17)9-2-4-10(5-3-9)21-13(14,15)16/h2-7,11,19H,8,17H2,1H3. The van der Waals surface area contributed by atoms with Crippen molar-refractivity contribution in [2.75, 3.05) is 0 Å². The number of halogens is 3. The zero-order valence-electron chi connectivity index (χ0n) is 11.3. The molecule has 114 valence electrons. The maximum Gasteiger partial charge on any atom is 0.573 e. The monoisotopic (exact) mass is 300 g/mol. The van der Waals surface area contributed by atoms with Crippen molar-refractivity contribution in [3.8, 4) is 5.75 Å². The second-order valence-electron chi connectivity index (χ2n) is 4.49. The minimum absolute atomic E-state index is 0.258. The highest BCUT2D eigenvalue weighted by molar-refractivity contribution is 5.29. The molecule has 0 fully saturated rings. The Morgan fingerprint density at radius 2 is 2.00 bits per heavy atom. The number of aryl methyl sites for hydroxylation is 1. The van der Waals surface area contributed by atoms with Crippen molar-refractivity contribution >= 4 is 0 Å². The largest absolute Gasteiger partial charge is 0.573 e. The molecule has 1 heterocycles. The van der Waals surface area contributed by atoms with E-state index in [1.54, 1.807) is 6.20 Å². The molecule has 0 aliphatic rings. The molecular formula is C13H15F3N4O. The average Bonchev–Trinajstić information content (AvgIpc) is 2.81. The van der Waals surface area contributed by atoms with Crippen molar-refractivity contribution in [2.45, 2.75) is 18.8 Å². The fourth-order valence-electron chi connectivity index (χ4n) is 1.95. The van der Waals surface area contributed by atoms with Gasteiger partial charge in [0.2, 0.25) is 0 Å². The topological polar surface area (TPSA) is 65.1 Å². The molecule has 1 aromatic heterocycles. The van der Waals surface area contributed by atoms with Crippen LogP contribution in [-0.2, 0) is 13.5 Å². The molecule has 0 saturated carbocycles. The quantitative estimate of drug-likeness (QED) is 0.655. The Kier molecular flexibility index (Phi) is 4.49. The van der Waals surface area contributed by atoms with Gasteiger partial charge in [-0.1, -0.05) is 12.1 Å². The first-order valence-corrected chi connectivity index (χ1v) is 6.17. The molecule has 8 heteroatoms. The van der Waals surface area contributed by atoms with Gasteiger partial charge in [0.25, 0.3) is 0 Å². The van der Waals surface area contributed by atoms with E-state index in [0.29, 0.717) is 6.42 Å². The van der Waals surface area contributed by atoms with Gasteiger partial charge in [-0.25, -0.2) is 4.98 Å². The van der Waals surface area contributed by atoms with Gasteiger partial charge in [-0.15, -0.1) is 13.2 Å². The van der Waals surface area contributed by atoms with Crippen molar-refractivity contribution < 1.29 is 17.9 Å². The van der Waals surface area contributed by atoms with Crippen LogP contribution in [0, 0.1) is 0 Å². The number of nitrogens with two attached hydrogens (primary N) is 1. The first-order chi connectivity index (χ1) is 9.89. The summed E-state index contributed by atoms with van der Waals surface area (Å²) in [6, 6.07) is 5.33. The fourth-order valence-corrected chi connectivity index (χ4v) is 1.95. The molecule has 3 N–H and O–H groups in total. The van der Waals surface area contributed by atoms with E-state index in [4.69, 9.17) is 5.84 Å². The number of nitrogens with zero attached hydrogens (tertiary/aromatic N) is 2. The van der Waals surface area contributed by atoms with Gasteiger partial charge in [0.05, 0.1) is 6.04 Å². The summed E-state index contributed by atoms with van der Waals surface area (Å²) >= 11 is 0. The predicted molar refractivity (Wildman–Crippen MR) is 70.1 cm³/mol. The third-order valence-corrected chi connectivity index (χ3v) is 3.02. The zero-order valence-corrected chi connectivity index (χ0v) is 11.3. The normalized spacial score (nSPS) is 13.2. The molecule has 5 nitrogen and oxygen atoms in total. The van der Waals surface area contributed by atoms with Crippen LogP contribution in [0.5, 0.6) is 5.75 Å². The third-order valence-electron chi connectivity index (χ3n) is 3.02. The highest BCUT2D eigenvalue weighted by Gasteiger charge is 2.31. The first-order valence-electron chi connectivity index (χ1n) is 6.17. The summed E-state index contributed by atoms with van der Waals surface area (Å²) in [4.78, 5) is 4.19. The maximum absolute atomic E-state index is 12.1. The average molecular weight is 300 g/mol. The lowest BCUT2D eigenvalue weighted by Crippen LogP contribution is -2.30. The lowest BCUT2D eigenvalue weighted by Gasteiger charge is -2.17. The maximum atomic E-state index is 12.1. The highest BCUT2D eigenvalue weighted by atomic mass is 19.4. The Balaban J connectivity index is 2.10. The van der Waals surface area contributed by atoms with Gasteiger partial charge in [0, 0.05) is 25.9 Å². The molecule has 1 unspecified atom stereocenters. The summed E-state index contributed by atoms with van der Waals surface area (Å²) < 4.78 is 42.0. The Bertz CT molecular complexity index is 580. The minimum atomic E-state index is -4.69. The Hall–Kier alpha value is -2.06. The molecule has 0 aliphatic carbocycles. The van der Waals surface area contributed by atoms with Gasteiger partial charge in [-0.2, -0.15) is 0 Å². The first kappa shape index (κ1) is 15.3. The molecule has 0 radical (unpaired) electrons. The van der Waals surface area contributed by atoms with Gasteiger partial charge in [-0.05, 0) is 17.7 Å². The number of hydrogen-bond donors (Lipinski definition) is 2. The van der Waals surface area contributed by atoms with E-state index in [0.717, 1.165) is 11.4 Å². The number of hydrogen-bond acceptors (Lipinski definition) is 4. The van der Waals surface area contributed by atoms with Crippen molar-refractivity contribution in [3.63, 3.8) is 0 Å². The number of hydrazine groups is 1. The van der Waals surface area contributed by atoms with Crippen LogP contribution in [0.3, 0.4) is 0 Å². The van der Waals surface area contributed by atoms with E-state index in [2.05, 4.69) is 15.1 Å². The molecule has 0 bridgehead atoms. The van der Waals surface area contributed by atoms with Gasteiger partial charge in [0.1, 0.15) is 11.6 Å². The van der Waals surface area contributed by atoms with Gasteiger partial charge in [-0.3, -0.25) is 11.3 Å². The smallest absolute Gasteiger partial charge is 0.406 e. The molecule has 1 atom stereocenters. The lowest BCUT2D eigenvalue weighted by molar-refractivity contribution is -0.274. The van der Waals surface area contributed by atoms with E-state index in [1.165, 1.54) is 24.3 Å². The Morgan fingerprint density at radius 1 is 1.33 bits per heavy atom. The number of rotatable bonds is 5. The van der Waals surface area contributed by atoms with Crippen LogP contribution in [0.4, 0.5) is 13.2 Å². The summed E-state index contributed by atoms with van der Waals surface area (Å²) in [5.74, 6) is 6.06. The Labute approximate surface area is 119 Å². The summed E-state index contributed by atoms with van der Waals surface area (Å²) in [6.45, 7) is 0. The van der Waals surface area contributed by atoms with Crippen LogP contribution in [0.2, 0.25) is 0 Å². The van der Waals surface area contributed by atoms with E-state index < -0.39 is 6.36 Å². The van der Waals surface area contributed by atoms with Gasteiger partial charge < -0.3 is 9.30 Å². The van der Waals surface area contributed by atoms with E-state index in [9.17, 15) is 13.2 Å². The number of benzene rings is 1. The number of ether oxygens (including phenoxy) is 1. The highest BCUT2D eigenvalue weighted by Crippen LogP contribution is 2.25. The van der Waals surface area contributed by atoms with E-state index >= 15 is 0 Å². The molecule has 0 spiro atoms.